The van der Waals surface area contributed by atoms with Crippen LogP contribution in [0.2, 0.25) is 0 Å². The minimum atomic E-state index is -0.0931. The molecule has 0 saturated heterocycles. The maximum atomic E-state index is 5.22. The average molecular weight is 1760 g/mol. The summed E-state index contributed by atoms with van der Waals surface area (Å²) >= 11 is 0. The first kappa shape index (κ1) is 82.2. The fourth-order valence-corrected chi connectivity index (χ4v) is 23.1. The highest BCUT2D eigenvalue weighted by molar-refractivity contribution is 6.12. The topological polar surface area (TPSA) is 103 Å². The van der Waals surface area contributed by atoms with Crippen LogP contribution in [0.25, 0.3) is 212 Å². The summed E-state index contributed by atoms with van der Waals surface area (Å²) in [5, 5.41) is 10.1. The van der Waals surface area contributed by atoms with Gasteiger partial charge in [-0.2, -0.15) is 0 Å². The van der Waals surface area contributed by atoms with Crippen LogP contribution in [0, 0.1) is 0 Å². The van der Waals surface area contributed by atoms with Gasteiger partial charge in [0.25, 0.3) is 0 Å². The predicted octanol–water partition coefficient (Wildman–Crippen LogP) is 32.8. The Bertz CT molecular complexity index is 8360. The van der Waals surface area contributed by atoms with Crippen LogP contribution in [0.3, 0.4) is 0 Å². The fourth-order valence-electron chi connectivity index (χ4n) is 23.1. The Balaban J connectivity index is 0.000000109. The van der Waals surface area contributed by atoms with Crippen LogP contribution in [0.5, 0.6) is 0 Å². The minimum absolute atomic E-state index is 0.0931. The average Bonchev–Trinajstić information content (AvgIpc) is 1.55. The lowest BCUT2D eigenvalue weighted by Gasteiger charge is -2.27. The van der Waals surface area contributed by atoms with E-state index in [1.807, 2.05) is 103 Å². The van der Waals surface area contributed by atoms with E-state index in [0.717, 1.165) is 61.5 Å². The van der Waals surface area contributed by atoms with Crippen molar-refractivity contribution < 1.29 is 0 Å². The molecule has 2 fully saturated rings. The Hall–Kier alpha value is -16.7. The lowest BCUT2D eigenvalue weighted by atomic mass is 9.75. The molecule has 650 valence electrons. The molecule has 3 aromatic heterocycles. The molecule has 0 radical (unpaired) electrons. The van der Waals surface area contributed by atoms with Gasteiger partial charge < -0.3 is 0 Å². The molecule has 2 saturated carbocycles. The van der Waals surface area contributed by atoms with Crippen LogP contribution < -0.4 is 0 Å². The molecule has 0 aliphatic heterocycles. The Morgan fingerprint density at radius 2 is 0.453 bits per heavy atom. The lowest BCUT2D eigenvalue weighted by Crippen LogP contribution is -2.20. The molecule has 2 spiro atoms. The van der Waals surface area contributed by atoms with Gasteiger partial charge in [0, 0.05) is 66.3 Å². The summed E-state index contributed by atoms with van der Waals surface area (Å²) < 4.78 is 0. The van der Waals surface area contributed by atoms with Gasteiger partial charge in [0.2, 0.25) is 0 Å². The Labute approximate surface area is 798 Å². The Morgan fingerprint density at radius 3 is 0.883 bits per heavy atom. The summed E-state index contributed by atoms with van der Waals surface area (Å²) in [7, 11) is 0. The van der Waals surface area contributed by atoms with E-state index in [-0.39, 0.29) is 16.2 Å². The van der Waals surface area contributed by atoms with E-state index in [1.165, 1.54) is 195 Å². The molecule has 22 aromatic rings. The third-order valence-electron chi connectivity index (χ3n) is 29.6. The quantitative estimate of drug-likeness (QED) is 0.119. The molecule has 8 heteroatoms. The van der Waals surface area contributed by atoms with Crippen molar-refractivity contribution in [2.45, 2.75) is 81.5 Å². The van der Waals surface area contributed by atoms with Gasteiger partial charge in [0.1, 0.15) is 0 Å². The molecule has 8 nitrogen and oxygen atoms in total. The van der Waals surface area contributed by atoms with Crippen molar-refractivity contribution in [3.05, 3.63) is 470 Å². The van der Waals surface area contributed by atoms with Crippen LogP contribution in [0.15, 0.2) is 437 Å². The number of hydrogen-bond acceptors (Lipinski definition) is 8. The van der Waals surface area contributed by atoms with Crippen LogP contribution in [-0.4, -0.2) is 39.9 Å². The number of benzene rings is 19. The molecule has 0 unspecified atom stereocenters. The van der Waals surface area contributed by atoms with Crippen LogP contribution in [0.1, 0.15) is 98.6 Å². The van der Waals surface area contributed by atoms with E-state index in [2.05, 4.69) is 347 Å². The van der Waals surface area contributed by atoms with Crippen molar-refractivity contribution in [1.29, 1.82) is 0 Å². The normalized spacial score (nSPS) is 14.0. The van der Waals surface area contributed by atoms with Crippen LogP contribution in [-0.2, 0) is 16.2 Å². The first-order valence-corrected chi connectivity index (χ1v) is 48.1. The van der Waals surface area contributed by atoms with Crippen LogP contribution >= 0.6 is 0 Å². The van der Waals surface area contributed by atoms with Gasteiger partial charge >= 0.3 is 0 Å². The SMILES string of the molecule is CC1(C)c2ccccc2-c2c1cc1ccccc1c2-c1cccc(-c2nc(-c3ccccc3)cc(-c3ccc4ccccc4c3)n2)c1.c1ccc(-c2nc(-c3ccccc3)nc(-c3ccc(-c4c5c(cc6ccccc46)C4(CCCC4)c4ccccc4-5)cc3)n2)cc1.c1ccc(-c2nc(-c3ccccc3)nc(-c3cccc(-c4c5c(cc6ccccc46)C4(CCCC4)c4ccccc4-5)c3)n2)cc1. The second kappa shape index (κ2) is 34.1. The predicted molar refractivity (Wildman–Crippen MR) is 564 cm³/mol. The third-order valence-corrected chi connectivity index (χ3v) is 29.6. The van der Waals surface area contributed by atoms with E-state index in [0.29, 0.717) is 40.8 Å². The van der Waals surface area contributed by atoms with Crippen molar-refractivity contribution >= 4 is 43.1 Å². The molecular weight excluding hydrogens is 1660 g/mol. The molecule has 5 aliphatic rings. The molecule has 0 N–H and O–H groups in total. The third kappa shape index (κ3) is 14.4. The highest BCUT2D eigenvalue weighted by Crippen LogP contribution is 2.63. The molecule has 27 rings (SSSR count). The van der Waals surface area contributed by atoms with Gasteiger partial charge in [-0.05, 0) is 211 Å². The highest BCUT2D eigenvalue weighted by Gasteiger charge is 2.48. The van der Waals surface area contributed by atoms with Crippen molar-refractivity contribution in [3.8, 4) is 169 Å². The van der Waals surface area contributed by atoms with Crippen molar-refractivity contribution in [1.82, 2.24) is 39.9 Å². The summed E-state index contributed by atoms with van der Waals surface area (Å²) in [5.41, 5.74) is 35.4. The number of nitrogens with zero attached hydrogens (tertiary/aromatic N) is 8. The van der Waals surface area contributed by atoms with Crippen molar-refractivity contribution in [2.24, 2.45) is 0 Å². The summed E-state index contributed by atoms with van der Waals surface area (Å²) in [6, 6.07) is 156. The summed E-state index contributed by atoms with van der Waals surface area (Å²) in [6.45, 7) is 4.70. The molecule has 19 aromatic carbocycles. The fraction of sp³-hybridized carbons (Fsp3) is 0.101. The van der Waals surface area contributed by atoms with E-state index in [1.54, 1.807) is 0 Å². The number of rotatable bonds is 12. The number of fused-ring (bicyclic) bond motifs is 17. The van der Waals surface area contributed by atoms with E-state index < -0.39 is 0 Å². The molecule has 5 aliphatic carbocycles. The second-order valence-corrected chi connectivity index (χ2v) is 37.7. The molecule has 137 heavy (non-hydrogen) atoms. The zero-order chi connectivity index (χ0) is 91.1. The zero-order valence-corrected chi connectivity index (χ0v) is 76.3. The second-order valence-electron chi connectivity index (χ2n) is 37.7. The largest absolute Gasteiger partial charge is 0.228 e. The highest BCUT2D eigenvalue weighted by atomic mass is 15.0. The van der Waals surface area contributed by atoms with Crippen LogP contribution in [0.4, 0.5) is 0 Å². The minimum Gasteiger partial charge on any atom is -0.228 e. The maximum Gasteiger partial charge on any atom is 0.164 e. The van der Waals surface area contributed by atoms with Crippen molar-refractivity contribution in [2.75, 3.05) is 0 Å². The summed E-state index contributed by atoms with van der Waals surface area (Å²) in [4.78, 5) is 40.2. The smallest absolute Gasteiger partial charge is 0.164 e. The first-order chi connectivity index (χ1) is 67.6. The first-order valence-electron chi connectivity index (χ1n) is 48.1. The summed E-state index contributed by atoms with van der Waals surface area (Å²) in [6.07, 6.45) is 9.99. The zero-order valence-electron chi connectivity index (χ0n) is 76.3. The van der Waals surface area contributed by atoms with E-state index in [4.69, 9.17) is 39.9 Å². The molecular formula is C129H94N8. The van der Waals surface area contributed by atoms with Gasteiger partial charge in [0.05, 0.1) is 11.4 Å². The molecule has 0 atom stereocenters. The van der Waals surface area contributed by atoms with Gasteiger partial charge in [0.15, 0.2) is 40.8 Å². The standard InChI is InChI=1S/C45H32N2.2C42H31N3/c1-45(2)38-22-11-10-21-37(38)43-39(45)27-32-17-8-9-20-36(32)42(43)34-18-12-19-35(26-34)44-46-40(30-14-4-3-5-15-30)28-41(47-44)33-24-23-29-13-6-7-16-31(29)25-33;1-3-14-28(15-4-1)39-43-40(29-16-5-2-6-17-29)45-41(44-39)32-20-13-19-31(26-32)37-33-21-8-7-18-30(33)27-36-38(37)34-22-9-10-23-35(34)42(36)24-11-12-25-42;1-3-13-29(14-4-1)39-43-40(30-15-5-2-6-16-30)45-41(44-39)31-23-21-28(22-24-31)37-33-18-8-7-17-32(33)27-36-38(37)34-19-9-10-20-35(34)42(36)25-11-12-26-42/h3-28H,1-2H3;1-10,13-23,26-27H,11-12,24-25H2;1-10,13-24,27H,11-12,25-26H2. The number of hydrogen-bond donors (Lipinski definition) is 0. The Morgan fingerprint density at radius 1 is 0.168 bits per heavy atom. The Kier molecular flexibility index (Phi) is 20.5. The number of aromatic nitrogens is 8. The van der Waals surface area contributed by atoms with E-state index >= 15 is 0 Å². The van der Waals surface area contributed by atoms with Gasteiger partial charge in [-0.25, -0.2) is 39.9 Å². The molecule has 0 amide bonds. The lowest BCUT2D eigenvalue weighted by molar-refractivity contribution is 0.550. The molecule has 3 heterocycles. The van der Waals surface area contributed by atoms with Crippen molar-refractivity contribution in [3.63, 3.8) is 0 Å². The molecule has 0 bridgehead atoms. The van der Waals surface area contributed by atoms with Gasteiger partial charge in [-0.15, -0.1) is 0 Å². The maximum absolute atomic E-state index is 5.22. The van der Waals surface area contributed by atoms with E-state index in [9.17, 15) is 0 Å². The van der Waals surface area contributed by atoms with Gasteiger partial charge in [-0.1, -0.05) is 434 Å². The summed E-state index contributed by atoms with van der Waals surface area (Å²) in [5.74, 6) is 4.76. The monoisotopic (exact) mass is 1750 g/mol. The van der Waals surface area contributed by atoms with Gasteiger partial charge in [-0.3, -0.25) is 0 Å².